The van der Waals surface area contributed by atoms with Gasteiger partial charge in [-0.2, -0.15) is 0 Å². The third-order valence-electron chi connectivity index (χ3n) is 5.78. The lowest BCUT2D eigenvalue weighted by Gasteiger charge is -2.47. The smallest absolute Gasteiger partial charge is 0.230 e. The Morgan fingerprint density at radius 2 is 2.14 bits per heavy atom. The first-order chi connectivity index (χ1) is 10.2. The molecule has 0 spiro atoms. The summed E-state index contributed by atoms with van der Waals surface area (Å²) >= 11 is 0. The van der Waals surface area contributed by atoms with Gasteiger partial charge in [0, 0.05) is 32.2 Å². The molecule has 2 atom stereocenters. The molecule has 0 aliphatic carbocycles. The van der Waals surface area contributed by atoms with Gasteiger partial charge in [0.25, 0.3) is 0 Å². The highest BCUT2D eigenvalue weighted by atomic mass is 16.2. The normalized spacial score (nSPS) is 34.5. The Hall–Kier alpha value is -0.610. The number of fused-ring (bicyclic) bond motifs is 1. The molecular weight excluding hydrogens is 262 g/mol. The molecular formula is C17H31N3O. The van der Waals surface area contributed by atoms with Crippen LogP contribution in [0.4, 0.5) is 0 Å². The van der Waals surface area contributed by atoms with Crippen molar-refractivity contribution in [1.82, 2.24) is 15.1 Å². The van der Waals surface area contributed by atoms with Gasteiger partial charge in [0.2, 0.25) is 5.91 Å². The molecule has 3 rings (SSSR count). The fraction of sp³-hybridized carbons (Fsp3) is 0.941. The van der Waals surface area contributed by atoms with Gasteiger partial charge in [0.05, 0.1) is 5.41 Å². The number of piperazine rings is 1. The Kier molecular flexibility index (Phi) is 4.85. The van der Waals surface area contributed by atoms with Gasteiger partial charge >= 0.3 is 0 Å². The maximum absolute atomic E-state index is 13.2. The van der Waals surface area contributed by atoms with E-state index in [0.29, 0.717) is 11.9 Å². The van der Waals surface area contributed by atoms with E-state index >= 15 is 0 Å². The molecule has 2 unspecified atom stereocenters. The molecule has 0 bridgehead atoms. The summed E-state index contributed by atoms with van der Waals surface area (Å²) in [5.41, 5.74) is -0.107. The maximum atomic E-state index is 13.2. The zero-order valence-corrected chi connectivity index (χ0v) is 13.6. The summed E-state index contributed by atoms with van der Waals surface area (Å²) in [4.78, 5) is 18.0. The molecule has 0 saturated carbocycles. The molecule has 1 amide bonds. The van der Waals surface area contributed by atoms with Gasteiger partial charge in [-0.15, -0.1) is 0 Å². The van der Waals surface area contributed by atoms with Crippen LogP contribution in [-0.4, -0.2) is 61.0 Å². The van der Waals surface area contributed by atoms with E-state index < -0.39 is 0 Å². The summed E-state index contributed by atoms with van der Waals surface area (Å²) in [6.07, 6.45) is 8.34. The average Bonchev–Trinajstić information content (AvgIpc) is 2.55. The van der Waals surface area contributed by atoms with E-state index in [4.69, 9.17) is 0 Å². The van der Waals surface area contributed by atoms with E-state index in [1.807, 2.05) is 0 Å². The summed E-state index contributed by atoms with van der Waals surface area (Å²) in [6.45, 7) is 8.44. The van der Waals surface area contributed by atoms with Crippen molar-refractivity contribution >= 4 is 5.91 Å². The summed E-state index contributed by atoms with van der Waals surface area (Å²) in [5, 5.41) is 3.48. The molecule has 1 N–H and O–H groups in total. The summed E-state index contributed by atoms with van der Waals surface area (Å²) in [6, 6.07) is 0.631. The molecule has 21 heavy (non-hydrogen) atoms. The van der Waals surface area contributed by atoms with Gasteiger partial charge in [-0.25, -0.2) is 0 Å². The molecule has 4 heteroatoms. The zero-order chi connectivity index (χ0) is 14.7. The number of nitrogens with zero attached hydrogens (tertiary/aromatic N) is 2. The van der Waals surface area contributed by atoms with E-state index in [1.165, 1.54) is 25.8 Å². The minimum Gasteiger partial charge on any atom is -0.339 e. The highest BCUT2D eigenvalue weighted by molar-refractivity contribution is 5.83. The van der Waals surface area contributed by atoms with Gasteiger partial charge in [-0.05, 0) is 45.2 Å². The highest BCUT2D eigenvalue weighted by Crippen LogP contribution is 2.35. The fourth-order valence-electron chi connectivity index (χ4n) is 4.63. The Morgan fingerprint density at radius 3 is 2.90 bits per heavy atom. The van der Waals surface area contributed by atoms with Gasteiger partial charge in [-0.1, -0.05) is 19.8 Å². The van der Waals surface area contributed by atoms with Crippen molar-refractivity contribution in [1.29, 1.82) is 0 Å². The van der Waals surface area contributed by atoms with Crippen LogP contribution in [0.1, 0.15) is 51.9 Å². The van der Waals surface area contributed by atoms with Crippen molar-refractivity contribution in [2.45, 2.75) is 57.9 Å². The third-order valence-corrected chi connectivity index (χ3v) is 5.78. The molecule has 0 radical (unpaired) electrons. The van der Waals surface area contributed by atoms with Gasteiger partial charge in [0.1, 0.15) is 0 Å². The first-order valence-corrected chi connectivity index (χ1v) is 8.99. The van der Waals surface area contributed by atoms with Crippen LogP contribution in [0.5, 0.6) is 0 Å². The lowest BCUT2D eigenvalue weighted by atomic mass is 9.75. The topological polar surface area (TPSA) is 35.6 Å². The second kappa shape index (κ2) is 6.66. The quantitative estimate of drug-likeness (QED) is 0.862. The predicted octanol–water partition coefficient (Wildman–Crippen LogP) is 1.85. The van der Waals surface area contributed by atoms with Crippen LogP contribution in [0.25, 0.3) is 0 Å². The first kappa shape index (κ1) is 15.3. The number of hydrogen-bond donors (Lipinski definition) is 1. The molecule has 4 nitrogen and oxygen atoms in total. The SMILES string of the molecule is CCCC1(C(=O)N2CCN3CCCCC3C2)CCCNC1. The zero-order valence-electron chi connectivity index (χ0n) is 13.6. The maximum Gasteiger partial charge on any atom is 0.230 e. The van der Waals surface area contributed by atoms with Crippen LogP contribution in [0, 0.1) is 5.41 Å². The Labute approximate surface area is 129 Å². The largest absolute Gasteiger partial charge is 0.339 e. The van der Waals surface area contributed by atoms with E-state index in [1.54, 1.807) is 0 Å². The second-order valence-corrected chi connectivity index (χ2v) is 7.25. The van der Waals surface area contributed by atoms with Gasteiger partial charge in [-0.3, -0.25) is 9.69 Å². The van der Waals surface area contributed by atoms with Crippen molar-refractivity contribution in [3.05, 3.63) is 0 Å². The number of carbonyl (C=O) groups excluding carboxylic acids is 1. The van der Waals surface area contributed by atoms with Crippen LogP contribution in [-0.2, 0) is 4.79 Å². The van der Waals surface area contributed by atoms with E-state index in [9.17, 15) is 4.79 Å². The third kappa shape index (κ3) is 3.11. The fourth-order valence-corrected chi connectivity index (χ4v) is 4.63. The molecule has 120 valence electrons. The van der Waals surface area contributed by atoms with Crippen LogP contribution in [0.2, 0.25) is 0 Å². The van der Waals surface area contributed by atoms with Crippen LogP contribution in [0.3, 0.4) is 0 Å². The number of nitrogens with one attached hydrogen (secondary N) is 1. The monoisotopic (exact) mass is 293 g/mol. The molecule has 3 aliphatic heterocycles. The average molecular weight is 293 g/mol. The Bertz CT molecular complexity index is 360. The number of hydrogen-bond acceptors (Lipinski definition) is 3. The Balaban J connectivity index is 1.68. The molecule has 3 fully saturated rings. The van der Waals surface area contributed by atoms with Crippen molar-refractivity contribution in [3.8, 4) is 0 Å². The van der Waals surface area contributed by atoms with Crippen LogP contribution in [0.15, 0.2) is 0 Å². The van der Waals surface area contributed by atoms with Gasteiger partial charge in [0.15, 0.2) is 0 Å². The molecule has 3 heterocycles. The summed E-state index contributed by atoms with van der Waals surface area (Å²) in [5.74, 6) is 0.446. The number of carbonyl (C=O) groups is 1. The lowest BCUT2D eigenvalue weighted by molar-refractivity contribution is -0.147. The van der Waals surface area contributed by atoms with E-state index in [2.05, 4.69) is 22.0 Å². The number of amides is 1. The van der Waals surface area contributed by atoms with E-state index in [0.717, 1.165) is 58.4 Å². The van der Waals surface area contributed by atoms with Gasteiger partial charge < -0.3 is 10.2 Å². The lowest BCUT2D eigenvalue weighted by Crippen LogP contribution is -2.60. The first-order valence-electron chi connectivity index (χ1n) is 8.99. The summed E-state index contributed by atoms with van der Waals surface area (Å²) in [7, 11) is 0. The molecule has 0 aromatic rings. The van der Waals surface area contributed by atoms with Crippen molar-refractivity contribution in [2.75, 3.05) is 39.3 Å². The van der Waals surface area contributed by atoms with Crippen molar-refractivity contribution < 1.29 is 4.79 Å². The van der Waals surface area contributed by atoms with Crippen LogP contribution < -0.4 is 5.32 Å². The van der Waals surface area contributed by atoms with Crippen molar-refractivity contribution in [2.24, 2.45) is 5.41 Å². The predicted molar refractivity (Wildman–Crippen MR) is 85.2 cm³/mol. The van der Waals surface area contributed by atoms with Crippen LogP contribution >= 0.6 is 0 Å². The minimum atomic E-state index is -0.107. The van der Waals surface area contributed by atoms with Crippen molar-refractivity contribution in [3.63, 3.8) is 0 Å². The Morgan fingerprint density at radius 1 is 1.24 bits per heavy atom. The number of rotatable bonds is 3. The summed E-state index contributed by atoms with van der Waals surface area (Å²) < 4.78 is 0. The standard InChI is InChI=1S/C17H31N3O/c1-2-7-17(8-5-9-18-14-17)16(21)20-12-11-19-10-4-3-6-15(19)13-20/h15,18H,2-14H2,1H3. The minimum absolute atomic E-state index is 0.107. The highest BCUT2D eigenvalue weighted by Gasteiger charge is 2.43. The number of piperidine rings is 2. The molecule has 0 aromatic heterocycles. The second-order valence-electron chi connectivity index (χ2n) is 7.25. The molecule has 3 saturated heterocycles. The molecule has 3 aliphatic rings. The van der Waals surface area contributed by atoms with E-state index in [-0.39, 0.29) is 5.41 Å². The molecule has 0 aromatic carbocycles.